The number of carbonyl (C=O) groups is 1. The van der Waals surface area contributed by atoms with Crippen LogP contribution in [0.4, 0.5) is 0 Å². The van der Waals surface area contributed by atoms with Gasteiger partial charge in [0.15, 0.2) is 5.78 Å². The third-order valence-corrected chi connectivity index (χ3v) is 2.72. The van der Waals surface area contributed by atoms with E-state index in [2.05, 4.69) is 0 Å². The molecule has 1 unspecified atom stereocenters. The summed E-state index contributed by atoms with van der Waals surface area (Å²) in [6.45, 7) is 0.413. The van der Waals surface area contributed by atoms with Crippen molar-refractivity contribution < 1.29 is 9.53 Å². The van der Waals surface area contributed by atoms with Gasteiger partial charge in [-0.3, -0.25) is 4.79 Å². The molecule has 2 rings (SSSR count). The fraction of sp³-hybridized carbons (Fsp3) is 0.364. The molecule has 0 saturated heterocycles. The second kappa shape index (κ2) is 3.42. The Labute approximate surface area is 82.9 Å². The number of rotatable bonds is 2. The molecule has 0 saturated carbocycles. The first-order chi connectivity index (χ1) is 6.77. The van der Waals surface area contributed by atoms with E-state index in [0.717, 1.165) is 16.9 Å². The number of methoxy groups -OCH3 is 1. The summed E-state index contributed by atoms with van der Waals surface area (Å²) < 4.78 is 5.21. The van der Waals surface area contributed by atoms with Crippen LogP contribution in [-0.4, -0.2) is 19.4 Å². The summed E-state index contributed by atoms with van der Waals surface area (Å²) in [4.78, 5) is 11.8. The van der Waals surface area contributed by atoms with E-state index in [1.54, 1.807) is 7.11 Å². The lowest BCUT2D eigenvalue weighted by atomic mass is 10.1. The number of fused-ring (bicyclic) bond motifs is 1. The molecule has 3 nitrogen and oxygen atoms in total. The highest BCUT2D eigenvalue weighted by Crippen LogP contribution is 2.32. The van der Waals surface area contributed by atoms with E-state index < -0.39 is 0 Å². The van der Waals surface area contributed by atoms with Crippen LogP contribution in [0.1, 0.15) is 15.9 Å². The lowest BCUT2D eigenvalue weighted by Gasteiger charge is -2.04. The number of nitrogens with two attached hydrogens (primary N) is 1. The van der Waals surface area contributed by atoms with Crippen molar-refractivity contribution in [2.75, 3.05) is 13.7 Å². The summed E-state index contributed by atoms with van der Waals surface area (Å²) in [5, 5.41) is 0. The normalized spacial score (nSPS) is 19.6. The molecule has 74 valence electrons. The van der Waals surface area contributed by atoms with E-state index in [1.807, 2.05) is 18.2 Å². The molecule has 0 fully saturated rings. The number of ether oxygens (including phenoxy) is 1. The molecule has 1 atom stereocenters. The van der Waals surface area contributed by atoms with Crippen LogP contribution in [0.3, 0.4) is 0 Å². The van der Waals surface area contributed by atoms with Gasteiger partial charge in [-0.25, -0.2) is 0 Å². The van der Waals surface area contributed by atoms with E-state index in [-0.39, 0.29) is 11.7 Å². The van der Waals surface area contributed by atoms with Crippen LogP contribution in [0.5, 0.6) is 5.75 Å². The smallest absolute Gasteiger partial charge is 0.167 e. The van der Waals surface area contributed by atoms with Crippen molar-refractivity contribution in [3.8, 4) is 5.75 Å². The third kappa shape index (κ3) is 1.21. The Morgan fingerprint density at radius 2 is 2.36 bits per heavy atom. The van der Waals surface area contributed by atoms with Crippen molar-refractivity contribution in [2.24, 2.45) is 11.7 Å². The molecule has 1 aromatic carbocycles. The molecule has 0 bridgehead atoms. The minimum Gasteiger partial charge on any atom is -0.496 e. The standard InChI is InChI=1S/C11H13NO2/c1-14-10-4-2-3-8-9(10)5-7(6-12)11(8)13/h2-4,7H,5-6,12H2,1H3. The summed E-state index contributed by atoms with van der Waals surface area (Å²) in [6, 6.07) is 5.56. The molecule has 0 aliphatic heterocycles. The Bertz CT molecular complexity index is 374. The van der Waals surface area contributed by atoms with Crippen LogP contribution in [0.25, 0.3) is 0 Å². The maximum absolute atomic E-state index is 11.8. The number of carbonyl (C=O) groups excluding carboxylic acids is 1. The van der Waals surface area contributed by atoms with Crippen molar-refractivity contribution in [3.05, 3.63) is 29.3 Å². The number of hydrogen-bond acceptors (Lipinski definition) is 3. The van der Waals surface area contributed by atoms with Gasteiger partial charge in [-0.1, -0.05) is 12.1 Å². The van der Waals surface area contributed by atoms with Crippen LogP contribution in [0, 0.1) is 5.92 Å². The third-order valence-electron chi connectivity index (χ3n) is 2.72. The largest absolute Gasteiger partial charge is 0.496 e. The molecule has 14 heavy (non-hydrogen) atoms. The van der Waals surface area contributed by atoms with Crippen molar-refractivity contribution in [3.63, 3.8) is 0 Å². The summed E-state index contributed by atoms with van der Waals surface area (Å²) >= 11 is 0. The second-order valence-corrected chi connectivity index (χ2v) is 3.49. The monoisotopic (exact) mass is 191 g/mol. The molecule has 1 aliphatic carbocycles. The van der Waals surface area contributed by atoms with Crippen molar-refractivity contribution in [2.45, 2.75) is 6.42 Å². The molecule has 3 heteroatoms. The predicted octanol–water partition coefficient (Wildman–Crippen LogP) is 1.01. The number of ketones is 1. The van der Waals surface area contributed by atoms with E-state index >= 15 is 0 Å². The van der Waals surface area contributed by atoms with Crippen LogP contribution in [-0.2, 0) is 6.42 Å². The first-order valence-corrected chi connectivity index (χ1v) is 4.68. The summed E-state index contributed by atoms with van der Waals surface area (Å²) in [5.74, 6) is 0.898. The molecule has 0 radical (unpaired) electrons. The highest BCUT2D eigenvalue weighted by Gasteiger charge is 2.31. The fourth-order valence-corrected chi connectivity index (χ4v) is 1.95. The van der Waals surface area contributed by atoms with Gasteiger partial charge in [-0.05, 0) is 12.5 Å². The summed E-state index contributed by atoms with van der Waals surface area (Å²) in [6.07, 6.45) is 0.717. The molecular weight excluding hydrogens is 178 g/mol. The molecule has 0 amide bonds. The Morgan fingerprint density at radius 1 is 1.57 bits per heavy atom. The Hall–Kier alpha value is -1.35. The lowest BCUT2D eigenvalue weighted by molar-refractivity contribution is 0.0941. The maximum Gasteiger partial charge on any atom is 0.167 e. The SMILES string of the molecule is COc1cccc2c1CC(CN)C2=O. The molecular formula is C11H13NO2. The van der Waals surface area contributed by atoms with Gasteiger partial charge in [0.25, 0.3) is 0 Å². The Morgan fingerprint density at radius 3 is 3.00 bits per heavy atom. The van der Waals surface area contributed by atoms with Crippen molar-refractivity contribution in [1.82, 2.24) is 0 Å². The van der Waals surface area contributed by atoms with Gasteiger partial charge in [0.1, 0.15) is 5.75 Å². The average Bonchev–Trinajstić information content (AvgIpc) is 2.55. The van der Waals surface area contributed by atoms with E-state index in [0.29, 0.717) is 13.0 Å². The molecule has 2 N–H and O–H groups in total. The molecule has 0 heterocycles. The first-order valence-electron chi connectivity index (χ1n) is 4.68. The predicted molar refractivity (Wildman–Crippen MR) is 53.6 cm³/mol. The number of benzene rings is 1. The second-order valence-electron chi connectivity index (χ2n) is 3.49. The quantitative estimate of drug-likeness (QED) is 0.759. The zero-order valence-electron chi connectivity index (χ0n) is 8.12. The summed E-state index contributed by atoms with van der Waals surface area (Å²) in [5.41, 5.74) is 7.32. The molecule has 1 aromatic rings. The van der Waals surface area contributed by atoms with E-state index in [1.165, 1.54) is 0 Å². The topological polar surface area (TPSA) is 52.3 Å². The number of Topliss-reactive ketones (excluding diaryl/α,β-unsaturated/α-hetero) is 1. The molecule has 1 aliphatic rings. The van der Waals surface area contributed by atoms with E-state index in [4.69, 9.17) is 10.5 Å². The minimum atomic E-state index is -0.0544. The zero-order chi connectivity index (χ0) is 10.1. The van der Waals surface area contributed by atoms with Gasteiger partial charge in [0.2, 0.25) is 0 Å². The van der Waals surface area contributed by atoms with Gasteiger partial charge in [0, 0.05) is 23.6 Å². The van der Waals surface area contributed by atoms with Gasteiger partial charge in [-0.15, -0.1) is 0 Å². The van der Waals surface area contributed by atoms with Crippen molar-refractivity contribution >= 4 is 5.78 Å². The highest BCUT2D eigenvalue weighted by atomic mass is 16.5. The highest BCUT2D eigenvalue weighted by molar-refractivity contribution is 6.03. The van der Waals surface area contributed by atoms with Gasteiger partial charge < -0.3 is 10.5 Å². The maximum atomic E-state index is 11.8. The minimum absolute atomic E-state index is 0.0544. The lowest BCUT2D eigenvalue weighted by Crippen LogP contribution is -2.19. The van der Waals surface area contributed by atoms with Crippen LogP contribution < -0.4 is 10.5 Å². The fourth-order valence-electron chi connectivity index (χ4n) is 1.95. The Balaban J connectivity index is 2.47. The number of hydrogen-bond donors (Lipinski definition) is 1. The van der Waals surface area contributed by atoms with Crippen LogP contribution in [0.2, 0.25) is 0 Å². The average molecular weight is 191 g/mol. The van der Waals surface area contributed by atoms with Crippen molar-refractivity contribution in [1.29, 1.82) is 0 Å². The van der Waals surface area contributed by atoms with Crippen LogP contribution in [0.15, 0.2) is 18.2 Å². The molecule has 0 aromatic heterocycles. The van der Waals surface area contributed by atoms with Gasteiger partial charge in [-0.2, -0.15) is 0 Å². The molecule has 0 spiro atoms. The van der Waals surface area contributed by atoms with Crippen LogP contribution >= 0.6 is 0 Å². The van der Waals surface area contributed by atoms with Gasteiger partial charge >= 0.3 is 0 Å². The Kier molecular flexibility index (Phi) is 2.25. The van der Waals surface area contributed by atoms with Gasteiger partial charge in [0.05, 0.1) is 7.11 Å². The zero-order valence-corrected chi connectivity index (χ0v) is 8.12. The summed E-state index contributed by atoms with van der Waals surface area (Å²) in [7, 11) is 1.62. The first kappa shape index (κ1) is 9.21. The van der Waals surface area contributed by atoms with E-state index in [9.17, 15) is 4.79 Å².